The largest absolute Gasteiger partial charge is 0.448 e. The first-order chi connectivity index (χ1) is 4.29. The van der Waals surface area contributed by atoms with E-state index in [9.17, 15) is 4.79 Å². The first-order valence-corrected chi connectivity index (χ1v) is 2.65. The third-order valence-corrected chi connectivity index (χ3v) is 0.789. The normalized spacial score (nSPS) is 16.3. The van der Waals surface area contributed by atoms with Crippen molar-refractivity contribution in [2.75, 3.05) is 13.2 Å². The topological polar surface area (TPSA) is 47.9 Å². The number of carbonyl (C=O) groups is 1. The van der Waals surface area contributed by atoms with E-state index >= 15 is 0 Å². The van der Waals surface area contributed by atoms with Crippen LogP contribution in [0.15, 0.2) is 4.99 Å². The van der Waals surface area contributed by atoms with Crippen LogP contribution in [0.4, 0.5) is 0 Å². The third-order valence-electron chi connectivity index (χ3n) is 0.789. The van der Waals surface area contributed by atoms with Gasteiger partial charge in [0.2, 0.25) is 0 Å². The molecule has 0 spiro atoms. The fourth-order valence-electron chi connectivity index (χ4n) is 0.500. The van der Waals surface area contributed by atoms with Crippen LogP contribution in [-0.4, -0.2) is 25.2 Å². The molecule has 0 bridgehead atoms. The van der Waals surface area contributed by atoms with Crippen molar-refractivity contribution in [3.63, 3.8) is 0 Å². The van der Waals surface area contributed by atoms with Gasteiger partial charge in [-0.1, -0.05) is 0 Å². The lowest BCUT2D eigenvalue weighted by Crippen LogP contribution is -2.08. The maximum absolute atomic E-state index is 10.2. The molecule has 1 aliphatic rings. The Balaban J connectivity index is 2.35. The average Bonchev–Trinajstić information content (AvgIpc) is 2.15. The first-order valence-electron chi connectivity index (χ1n) is 2.65. The number of hydrogen-bond donors (Lipinski definition) is 0. The van der Waals surface area contributed by atoms with E-state index in [1.54, 1.807) is 0 Å². The summed E-state index contributed by atoms with van der Waals surface area (Å²) in [6, 6.07) is 0. The van der Waals surface area contributed by atoms with E-state index in [2.05, 4.69) is 9.73 Å². The van der Waals surface area contributed by atoms with Crippen LogP contribution in [0, 0.1) is 0 Å². The van der Waals surface area contributed by atoms with Gasteiger partial charge in [-0.25, -0.2) is 4.99 Å². The predicted molar refractivity (Wildman–Crippen MR) is 30.0 cm³/mol. The molecule has 0 fully saturated rings. The second-order valence-electron chi connectivity index (χ2n) is 1.59. The highest BCUT2D eigenvalue weighted by atomic mass is 16.7. The molecule has 0 saturated heterocycles. The van der Waals surface area contributed by atoms with Gasteiger partial charge in [-0.05, 0) is 0 Å². The summed E-state index contributed by atoms with van der Waals surface area (Å²) in [5.41, 5.74) is 0. The molecule has 0 saturated carbocycles. The van der Waals surface area contributed by atoms with E-state index in [0.29, 0.717) is 13.2 Å². The number of hydrogen-bond acceptors (Lipinski definition) is 4. The molecule has 50 valence electrons. The standard InChI is InChI=1S/C5H7NO3/c1-4(7)9-5-6-2-3-8-5/h2-3H2,1H3. The van der Waals surface area contributed by atoms with Crippen LogP contribution in [0.5, 0.6) is 0 Å². The van der Waals surface area contributed by atoms with Crippen molar-refractivity contribution in [2.24, 2.45) is 4.99 Å². The second-order valence-corrected chi connectivity index (χ2v) is 1.59. The first kappa shape index (κ1) is 6.07. The van der Waals surface area contributed by atoms with Crippen molar-refractivity contribution < 1.29 is 14.3 Å². The average molecular weight is 129 g/mol. The van der Waals surface area contributed by atoms with Gasteiger partial charge in [-0.3, -0.25) is 4.79 Å². The number of carbonyl (C=O) groups excluding carboxylic acids is 1. The van der Waals surface area contributed by atoms with Crippen molar-refractivity contribution in [1.29, 1.82) is 0 Å². The Morgan fingerprint density at radius 3 is 3.11 bits per heavy atom. The molecule has 0 aliphatic carbocycles. The minimum absolute atomic E-state index is 0.0995. The van der Waals surface area contributed by atoms with Gasteiger partial charge >= 0.3 is 12.1 Å². The van der Waals surface area contributed by atoms with Crippen LogP contribution >= 0.6 is 0 Å². The SMILES string of the molecule is CC(=O)OC1=NCCO1. The molecular weight excluding hydrogens is 122 g/mol. The maximum Gasteiger partial charge on any atom is 0.391 e. The van der Waals surface area contributed by atoms with Crippen molar-refractivity contribution in [3.05, 3.63) is 0 Å². The Hall–Kier alpha value is -1.06. The summed E-state index contributed by atoms with van der Waals surface area (Å²) in [7, 11) is 0. The summed E-state index contributed by atoms with van der Waals surface area (Å²) in [5, 5.41) is 0. The zero-order valence-electron chi connectivity index (χ0n) is 5.09. The van der Waals surface area contributed by atoms with Gasteiger partial charge in [0, 0.05) is 6.92 Å². The molecule has 0 amide bonds. The lowest BCUT2D eigenvalue weighted by molar-refractivity contribution is -0.134. The summed E-state index contributed by atoms with van der Waals surface area (Å²) in [6.07, 6.45) is 0.0995. The summed E-state index contributed by atoms with van der Waals surface area (Å²) >= 11 is 0. The van der Waals surface area contributed by atoms with E-state index in [1.807, 2.05) is 0 Å². The lowest BCUT2D eigenvalue weighted by Gasteiger charge is -1.96. The van der Waals surface area contributed by atoms with Crippen molar-refractivity contribution >= 4 is 12.1 Å². The summed E-state index contributed by atoms with van der Waals surface area (Å²) in [4.78, 5) is 13.9. The smallest absolute Gasteiger partial charge is 0.391 e. The van der Waals surface area contributed by atoms with Gasteiger partial charge in [0.15, 0.2) is 0 Å². The third kappa shape index (κ3) is 1.71. The Kier molecular flexibility index (Phi) is 1.67. The number of aliphatic imine (C=N–C) groups is 1. The van der Waals surface area contributed by atoms with Gasteiger partial charge in [0.05, 0.1) is 6.54 Å². The van der Waals surface area contributed by atoms with E-state index in [0.717, 1.165) is 0 Å². The van der Waals surface area contributed by atoms with Crippen LogP contribution in [0.3, 0.4) is 0 Å². The molecular formula is C5H7NO3. The molecule has 0 atom stereocenters. The molecule has 1 heterocycles. The lowest BCUT2D eigenvalue weighted by atomic mass is 10.8. The van der Waals surface area contributed by atoms with Gasteiger partial charge < -0.3 is 9.47 Å². The Labute approximate surface area is 52.5 Å². The fraction of sp³-hybridized carbons (Fsp3) is 0.600. The molecule has 0 aromatic carbocycles. The van der Waals surface area contributed by atoms with Crippen LogP contribution < -0.4 is 0 Å². The van der Waals surface area contributed by atoms with Gasteiger partial charge in [-0.15, -0.1) is 0 Å². The van der Waals surface area contributed by atoms with Crippen molar-refractivity contribution in [2.45, 2.75) is 6.92 Å². The molecule has 9 heavy (non-hydrogen) atoms. The highest BCUT2D eigenvalue weighted by Crippen LogP contribution is 1.94. The number of ether oxygens (including phenoxy) is 2. The fourth-order valence-corrected chi connectivity index (χ4v) is 0.500. The van der Waals surface area contributed by atoms with Crippen LogP contribution in [-0.2, 0) is 14.3 Å². The molecule has 0 aromatic rings. The molecule has 0 aromatic heterocycles. The maximum atomic E-state index is 10.2. The van der Waals surface area contributed by atoms with E-state index in [-0.39, 0.29) is 6.08 Å². The molecule has 0 N–H and O–H groups in total. The zero-order chi connectivity index (χ0) is 6.69. The molecule has 4 heteroatoms. The second kappa shape index (κ2) is 2.48. The number of rotatable bonds is 0. The Morgan fingerprint density at radius 2 is 2.67 bits per heavy atom. The molecule has 0 unspecified atom stereocenters. The van der Waals surface area contributed by atoms with Gasteiger partial charge in [0.25, 0.3) is 0 Å². The zero-order valence-corrected chi connectivity index (χ0v) is 5.09. The van der Waals surface area contributed by atoms with Gasteiger partial charge in [0.1, 0.15) is 6.61 Å². The Bertz CT molecular complexity index is 152. The minimum atomic E-state index is -0.393. The molecule has 1 rings (SSSR count). The van der Waals surface area contributed by atoms with Crippen molar-refractivity contribution in [3.8, 4) is 0 Å². The Morgan fingerprint density at radius 1 is 1.89 bits per heavy atom. The highest BCUT2D eigenvalue weighted by molar-refractivity contribution is 5.83. The quantitative estimate of drug-likeness (QED) is 0.430. The molecule has 4 nitrogen and oxygen atoms in total. The van der Waals surface area contributed by atoms with Crippen LogP contribution in [0.1, 0.15) is 6.92 Å². The summed E-state index contributed by atoms with van der Waals surface area (Å²) < 4.78 is 9.27. The van der Waals surface area contributed by atoms with E-state index in [1.165, 1.54) is 6.92 Å². The van der Waals surface area contributed by atoms with Gasteiger partial charge in [-0.2, -0.15) is 0 Å². The highest BCUT2D eigenvalue weighted by Gasteiger charge is 2.09. The minimum Gasteiger partial charge on any atom is -0.448 e. The number of esters is 1. The molecule has 0 radical (unpaired) electrons. The predicted octanol–water partition coefficient (Wildman–Crippen LogP) is -0.0643. The van der Waals surface area contributed by atoms with E-state index < -0.39 is 5.97 Å². The summed E-state index contributed by atoms with van der Waals surface area (Å²) in [5.74, 6) is -0.393. The molecule has 1 aliphatic heterocycles. The van der Waals surface area contributed by atoms with Crippen molar-refractivity contribution in [1.82, 2.24) is 0 Å². The monoisotopic (exact) mass is 129 g/mol. The van der Waals surface area contributed by atoms with Crippen LogP contribution in [0.2, 0.25) is 0 Å². The van der Waals surface area contributed by atoms with Crippen LogP contribution in [0.25, 0.3) is 0 Å². The van der Waals surface area contributed by atoms with E-state index in [4.69, 9.17) is 4.74 Å². The number of nitrogens with zero attached hydrogens (tertiary/aromatic N) is 1. The summed E-state index contributed by atoms with van der Waals surface area (Å²) in [6.45, 7) is 2.41.